The number of hydrogen-bond donors (Lipinski definition) is 2. The van der Waals surface area contributed by atoms with E-state index in [1.54, 1.807) is 0 Å². The van der Waals surface area contributed by atoms with Gasteiger partial charge in [0.25, 0.3) is 5.91 Å². The Kier molecular flexibility index (Phi) is 8.40. The highest BCUT2D eigenvalue weighted by Crippen LogP contribution is 2.19. The van der Waals surface area contributed by atoms with Crippen molar-refractivity contribution in [3.05, 3.63) is 99.8 Å². The van der Waals surface area contributed by atoms with Crippen LogP contribution in [-0.2, 0) is 19.1 Å². The molecule has 0 aromatic heterocycles. The normalized spacial score (nSPS) is 12.2. The molecule has 35 heavy (non-hydrogen) atoms. The summed E-state index contributed by atoms with van der Waals surface area (Å²) in [6.07, 6.45) is -4.47. The summed E-state index contributed by atoms with van der Waals surface area (Å²) in [5.74, 6) is -6.09. The van der Waals surface area contributed by atoms with Crippen LogP contribution in [0.15, 0.2) is 72.8 Å². The van der Waals surface area contributed by atoms with Crippen LogP contribution >= 0.6 is 23.2 Å². The molecule has 0 heterocycles. The number of hydrogen-bond acceptors (Lipinski definition) is 6. The molecule has 0 aliphatic rings. The fraction of sp³-hybridized carbons (Fsp3) is 0.0833. The molecule has 2 atom stereocenters. The van der Waals surface area contributed by atoms with E-state index >= 15 is 0 Å². The van der Waals surface area contributed by atoms with Crippen molar-refractivity contribution in [2.45, 2.75) is 12.2 Å². The molecule has 0 aliphatic heterocycles. The van der Waals surface area contributed by atoms with Crippen LogP contribution in [0.3, 0.4) is 0 Å². The molecular formula is C24H16Cl2FNO7. The average molecular weight is 520 g/mol. The third kappa shape index (κ3) is 6.78. The van der Waals surface area contributed by atoms with Gasteiger partial charge < -0.3 is 19.9 Å². The van der Waals surface area contributed by atoms with E-state index in [1.165, 1.54) is 66.7 Å². The minimum atomic E-state index is -2.28. The lowest BCUT2D eigenvalue weighted by Gasteiger charge is -2.23. The van der Waals surface area contributed by atoms with Gasteiger partial charge in [0.1, 0.15) is 5.82 Å². The molecule has 0 saturated heterocycles. The molecule has 11 heteroatoms. The summed E-state index contributed by atoms with van der Waals surface area (Å²) < 4.78 is 24.2. The van der Waals surface area contributed by atoms with Crippen molar-refractivity contribution in [3.8, 4) is 0 Å². The van der Waals surface area contributed by atoms with E-state index in [1.807, 2.05) is 0 Å². The number of amides is 1. The molecule has 2 N–H and O–H groups in total. The number of esters is 2. The minimum absolute atomic E-state index is 0.0636. The average Bonchev–Trinajstić information content (AvgIpc) is 2.83. The molecule has 8 nitrogen and oxygen atoms in total. The Morgan fingerprint density at radius 2 is 1.20 bits per heavy atom. The standard InChI is InChI=1S/C24H16Cl2FNO7/c25-15-9-5-13(6-10-15)23(32)34-19(21(29)28-18-4-2-1-3-17(18)27)20(22(30)31)35-24(33)14-7-11-16(26)12-8-14/h1-12,19-20H,(H,28,29)(H,30,31)/t19-,20+/m0/s1. The van der Waals surface area contributed by atoms with E-state index in [-0.39, 0.29) is 16.8 Å². The van der Waals surface area contributed by atoms with Crippen LogP contribution in [0.4, 0.5) is 10.1 Å². The highest BCUT2D eigenvalue weighted by atomic mass is 35.5. The largest absolute Gasteiger partial charge is 0.478 e. The van der Waals surface area contributed by atoms with E-state index in [0.717, 1.165) is 6.07 Å². The van der Waals surface area contributed by atoms with Gasteiger partial charge in [-0.15, -0.1) is 0 Å². The topological polar surface area (TPSA) is 119 Å². The number of carboxylic acids is 1. The zero-order valence-electron chi connectivity index (χ0n) is 17.6. The van der Waals surface area contributed by atoms with Crippen molar-refractivity contribution < 1.29 is 38.1 Å². The first-order chi connectivity index (χ1) is 16.7. The molecule has 0 spiro atoms. The maximum absolute atomic E-state index is 14.1. The first-order valence-electron chi connectivity index (χ1n) is 9.87. The van der Waals surface area contributed by atoms with E-state index in [4.69, 9.17) is 32.7 Å². The molecule has 0 unspecified atom stereocenters. The lowest BCUT2D eigenvalue weighted by molar-refractivity contribution is -0.157. The third-order valence-electron chi connectivity index (χ3n) is 4.54. The van der Waals surface area contributed by atoms with E-state index in [0.29, 0.717) is 10.0 Å². The predicted octanol–water partition coefficient (Wildman–Crippen LogP) is 4.61. The van der Waals surface area contributed by atoms with Gasteiger partial charge in [-0.3, -0.25) is 4.79 Å². The minimum Gasteiger partial charge on any atom is -0.478 e. The van der Waals surface area contributed by atoms with Crippen molar-refractivity contribution in [2.24, 2.45) is 0 Å². The monoisotopic (exact) mass is 519 g/mol. The Morgan fingerprint density at radius 3 is 1.66 bits per heavy atom. The summed E-state index contributed by atoms with van der Waals surface area (Å²) in [6, 6.07) is 15.7. The van der Waals surface area contributed by atoms with Crippen LogP contribution in [-0.4, -0.2) is 41.1 Å². The van der Waals surface area contributed by atoms with Gasteiger partial charge in [-0.2, -0.15) is 0 Å². The Hall–Kier alpha value is -3.95. The van der Waals surface area contributed by atoms with Crippen LogP contribution < -0.4 is 5.32 Å². The number of carbonyl (C=O) groups is 4. The maximum Gasteiger partial charge on any atom is 0.349 e. The van der Waals surface area contributed by atoms with Crippen molar-refractivity contribution in [2.75, 3.05) is 5.32 Å². The Balaban J connectivity index is 1.91. The molecule has 180 valence electrons. The van der Waals surface area contributed by atoms with Gasteiger partial charge in [0.2, 0.25) is 12.2 Å². The van der Waals surface area contributed by atoms with Crippen molar-refractivity contribution in [1.29, 1.82) is 0 Å². The Bertz CT molecular complexity index is 1250. The number of aliphatic carboxylic acids is 1. The van der Waals surface area contributed by atoms with Gasteiger partial charge in [-0.1, -0.05) is 35.3 Å². The summed E-state index contributed by atoms with van der Waals surface area (Å²) in [6.45, 7) is 0. The third-order valence-corrected chi connectivity index (χ3v) is 5.04. The van der Waals surface area contributed by atoms with Gasteiger partial charge in [-0.05, 0) is 60.7 Å². The number of carboxylic acid groups (broad SMARTS) is 1. The van der Waals surface area contributed by atoms with E-state index in [9.17, 15) is 28.7 Å². The number of halogens is 3. The molecule has 0 radical (unpaired) electrons. The summed E-state index contributed by atoms with van der Waals surface area (Å²) in [4.78, 5) is 50.1. The summed E-state index contributed by atoms with van der Waals surface area (Å²) in [7, 11) is 0. The highest BCUT2D eigenvalue weighted by Gasteiger charge is 2.41. The first kappa shape index (κ1) is 25.7. The van der Waals surface area contributed by atoms with Gasteiger partial charge in [0.05, 0.1) is 16.8 Å². The number of para-hydroxylation sites is 1. The number of ether oxygens (including phenoxy) is 2. The Morgan fingerprint density at radius 1 is 0.743 bits per heavy atom. The maximum atomic E-state index is 14.1. The molecular weight excluding hydrogens is 504 g/mol. The number of carbonyl (C=O) groups excluding carboxylic acids is 3. The van der Waals surface area contributed by atoms with Crippen LogP contribution in [0.2, 0.25) is 10.0 Å². The predicted molar refractivity (Wildman–Crippen MR) is 124 cm³/mol. The quantitative estimate of drug-likeness (QED) is 0.417. The SMILES string of the molecule is O=C(O[C@H](C(=O)Nc1ccccc1F)[C@@H](OC(=O)c1ccc(Cl)cc1)C(=O)O)c1ccc(Cl)cc1. The fourth-order valence-corrected chi connectivity index (χ4v) is 3.05. The summed E-state index contributed by atoms with van der Waals surface area (Å²) in [5.41, 5.74) is -0.442. The number of benzene rings is 3. The molecule has 0 aliphatic carbocycles. The van der Waals surface area contributed by atoms with Crippen LogP contribution in [0.1, 0.15) is 20.7 Å². The van der Waals surface area contributed by atoms with Gasteiger partial charge in [0, 0.05) is 10.0 Å². The van der Waals surface area contributed by atoms with Gasteiger partial charge in [-0.25, -0.2) is 18.8 Å². The molecule has 0 bridgehead atoms. The zero-order chi connectivity index (χ0) is 25.5. The van der Waals surface area contributed by atoms with Crippen molar-refractivity contribution in [3.63, 3.8) is 0 Å². The second-order valence-corrected chi connectivity index (χ2v) is 7.85. The van der Waals surface area contributed by atoms with Crippen LogP contribution in [0.5, 0.6) is 0 Å². The number of anilines is 1. The zero-order valence-corrected chi connectivity index (χ0v) is 19.1. The van der Waals surface area contributed by atoms with Crippen LogP contribution in [0, 0.1) is 5.82 Å². The summed E-state index contributed by atoms with van der Waals surface area (Å²) in [5, 5.41) is 12.5. The number of rotatable bonds is 8. The van der Waals surface area contributed by atoms with Gasteiger partial charge in [0.15, 0.2) is 0 Å². The van der Waals surface area contributed by atoms with E-state index in [2.05, 4.69) is 5.32 Å². The number of nitrogens with one attached hydrogen (secondary N) is 1. The fourth-order valence-electron chi connectivity index (χ4n) is 2.80. The lowest BCUT2D eigenvalue weighted by atomic mass is 10.1. The molecule has 1 amide bonds. The van der Waals surface area contributed by atoms with Crippen molar-refractivity contribution >= 4 is 52.7 Å². The molecule has 3 rings (SSSR count). The molecule has 0 saturated carbocycles. The Labute approximate surface area is 208 Å². The molecule has 3 aromatic rings. The highest BCUT2D eigenvalue weighted by molar-refractivity contribution is 6.31. The van der Waals surface area contributed by atoms with Crippen LogP contribution in [0.25, 0.3) is 0 Å². The molecule has 0 fully saturated rings. The van der Waals surface area contributed by atoms with Crippen molar-refractivity contribution in [1.82, 2.24) is 0 Å². The lowest BCUT2D eigenvalue weighted by Crippen LogP contribution is -2.48. The van der Waals surface area contributed by atoms with Gasteiger partial charge >= 0.3 is 17.9 Å². The molecule has 3 aromatic carbocycles. The smallest absolute Gasteiger partial charge is 0.349 e. The summed E-state index contributed by atoms with van der Waals surface area (Å²) >= 11 is 11.6. The second kappa shape index (κ2) is 11.5. The second-order valence-electron chi connectivity index (χ2n) is 6.97. The van der Waals surface area contributed by atoms with E-state index < -0.39 is 41.8 Å². The first-order valence-corrected chi connectivity index (χ1v) is 10.6.